The molecule has 0 aliphatic rings. The first-order valence-electron chi connectivity index (χ1n) is 11.8. The quantitative estimate of drug-likeness (QED) is 0.336. The lowest BCUT2D eigenvalue weighted by molar-refractivity contribution is -0.120. The molecule has 0 aromatic heterocycles. The first-order valence-corrected chi connectivity index (χ1v) is 13.7. The van der Waals surface area contributed by atoms with Gasteiger partial charge in [-0.1, -0.05) is 59.8 Å². The Hall–Kier alpha value is -1.46. The molecule has 1 rings (SSSR count). The molecule has 0 radical (unpaired) electrons. The van der Waals surface area contributed by atoms with Gasteiger partial charge in [-0.05, 0) is 73.3 Å². The van der Waals surface area contributed by atoms with Crippen LogP contribution in [-0.2, 0) is 19.4 Å². The molecular formula is C27H44O4S. The summed E-state index contributed by atoms with van der Waals surface area (Å²) in [6.07, 6.45) is 2.47. The number of hydrogen-bond donors (Lipinski definition) is 0. The van der Waals surface area contributed by atoms with E-state index in [4.69, 9.17) is 4.74 Å². The summed E-state index contributed by atoms with van der Waals surface area (Å²) >= 11 is 0. The van der Waals surface area contributed by atoms with Crippen molar-refractivity contribution >= 4 is 15.6 Å². The van der Waals surface area contributed by atoms with Crippen LogP contribution in [0.15, 0.2) is 23.8 Å². The SMILES string of the molecule is CC(=O)C[C@H](O[C@@H](C)c1c(C(C)C)cc(C(C)C)cc1C(C)C)/C(C)=C\[C@H](C)S(C)(=O)=O. The molecule has 0 unspecified atom stereocenters. The lowest BCUT2D eigenvalue weighted by Crippen LogP contribution is -2.23. The smallest absolute Gasteiger partial charge is 0.153 e. The van der Waals surface area contributed by atoms with E-state index in [0.717, 1.165) is 5.57 Å². The topological polar surface area (TPSA) is 60.4 Å². The first-order chi connectivity index (χ1) is 14.6. The van der Waals surface area contributed by atoms with Crippen LogP contribution in [0.25, 0.3) is 0 Å². The van der Waals surface area contributed by atoms with Crippen molar-refractivity contribution in [1.29, 1.82) is 0 Å². The summed E-state index contributed by atoms with van der Waals surface area (Å²) in [5.74, 6) is 1.12. The van der Waals surface area contributed by atoms with Crippen LogP contribution in [0.2, 0.25) is 0 Å². The highest BCUT2D eigenvalue weighted by atomic mass is 32.2. The minimum Gasteiger partial charge on any atom is -0.366 e. The third-order valence-electron chi connectivity index (χ3n) is 6.11. The fourth-order valence-corrected chi connectivity index (χ4v) is 4.44. The maximum Gasteiger partial charge on any atom is 0.153 e. The van der Waals surface area contributed by atoms with Gasteiger partial charge in [-0.2, -0.15) is 0 Å². The molecule has 0 bridgehead atoms. The summed E-state index contributed by atoms with van der Waals surface area (Å²) in [7, 11) is -3.21. The molecule has 0 fully saturated rings. The lowest BCUT2D eigenvalue weighted by Gasteiger charge is -2.30. The Bertz CT molecular complexity index is 894. The second kappa shape index (κ2) is 11.6. The van der Waals surface area contributed by atoms with Crippen LogP contribution in [0.1, 0.15) is 122 Å². The van der Waals surface area contributed by atoms with Gasteiger partial charge in [-0.25, -0.2) is 8.42 Å². The molecule has 1 aromatic rings. The fraction of sp³-hybridized carbons (Fsp3) is 0.667. The van der Waals surface area contributed by atoms with E-state index in [1.54, 1.807) is 19.9 Å². The van der Waals surface area contributed by atoms with E-state index in [9.17, 15) is 13.2 Å². The van der Waals surface area contributed by atoms with Crippen molar-refractivity contribution in [3.8, 4) is 0 Å². The maximum atomic E-state index is 12.0. The van der Waals surface area contributed by atoms with E-state index in [1.807, 2.05) is 13.8 Å². The number of hydrogen-bond acceptors (Lipinski definition) is 4. The Balaban J connectivity index is 3.51. The molecule has 0 saturated carbocycles. The normalized spacial score (nSPS) is 16.0. The molecule has 4 nitrogen and oxygen atoms in total. The largest absolute Gasteiger partial charge is 0.366 e. The van der Waals surface area contributed by atoms with Crippen LogP contribution in [-0.4, -0.2) is 31.8 Å². The highest BCUT2D eigenvalue weighted by Crippen LogP contribution is 2.38. The number of ether oxygens (including phenoxy) is 1. The van der Waals surface area contributed by atoms with Crippen molar-refractivity contribution in [3.63, 3.8) is 0 Å². The van der Waals surface area contributed by atoms with Crippen LogP contribution >= 0.6 is 0 Å². The number of sulfone groups is 1. The standard InChI is InChI=1S/C27H44O4S/c1-16(2)23-14-24(17(3)4)27(25(15-23)18(5)6)22(10)31-26(13-20(8)28)19(7)12-21(9)32(11,29)30/h12,14-18,21-22,26H,13H2,1-11H3/b19-12-/t21-,22-,26-/m0/s1. The van der Waals surface area contributed by atoms with Gasteiger partial charge in [0.25, 0.3) is 0 Å². The number of carbonyl (C=O) groups is 1. The lowest BCUT2D eigenvalue weighted by atomic mass is 9.82. The zero-order valence-electron chi connectivity index (χ0n) is 21.9. The van der Waals surface area contributed by atoms with Crippen molar-refractivity contribution in [2.75, 3.05) is 6.26 Å². The van der Waals surface area contributed by atoms with Gasteiger partial charge in [-0.3, -0.25) is 4.79 Å². The summed E-state index contributed by atoms with van der Waals surface area (Å²) < 4.78 is 30.4. The second-order valence-electron chi connectivity index (χ2n) is 10.2. The molecule has 0 heterocycles. The van der Waals surface area contributed by atoms with E-state index in [-0.39, 0.29) is 18.3 Å². The van der Waals surface area contributed by atoms with Crippen LogP contribution in [0.5, 0.6) is 0 Å². The van der Waals surface area contributed by atoms with Crippen LogP contribution in [0, 0.1) is 0 Å². The zero-order valence-corrected chi connectivity index (χ0v) is 22.8. The van der Waals surface area contributed by atoms with E-state index < -0.39 is 21.2 Å². The van der Waals surface area contributed by atoms with Crippen LogP contribution in [0.3, 0.4) is 0 Å². The van der Waals surface area contributed by atoms with Crippen molar-refractivity contribution in [1.82, 2.24) is 0 Å². The van der Waals surface area contributed by atoms with Gasteiger partial charge < -0.3 is 4.74 Å². The third-order valence-corrected chi connectivity index (χ3v) is 7.59. The average Bonchev–Trinajstić information content (AvgIpc) is 2.64. The zero-order chi connectivity index (χ0) is 25.0. The predicted molar refractivity (Wildman–Crippen MR) is 135 cm³/mol. The number of carbonyl (C=O) groups excluding carboxylic acids is 1. The first kappa shape index (κ1) is 28.6. The second-order valence-corrected chi connectivity index (χ2v) is 12.6. The number of Topliss-reactive ketones (excluding diaryl/α,β-unsaturated/α-hetero) is 1. The van der Waals surface area contributed by atoms with Gasteiger partial charge >= 0.3 is 0 Å². The molecule has 5 heteroatoms. The minimum atomic E-state index is -3.21. The van der Waals surface area contributed by atoms with Gasteiger partial charge in [0.1, 0.15) is 5.78 Å². The molecule has 0 spiro atoms. The molecule has 182 valence electrons. The van der Waals surface area contributed by atoms with Gasteiger partial charge in [0.2, 0.25) is 0 Å². The van der Waals surface area contributed by atoms with Crippen molar-refractivity contribution in [2.45, 2.75) is 111 Å². The summed E-state index contributed by atoms with van der Waals surface area (Å²) in [6.45, 7) is 20.3. The average molecular weight is 465 g/mol. The molecular weight excluding hydrogens is 420 g/mol. The number of rotatable bonds is 11. The molecule has 0 aliphatic heterocycles. The molecule has 3 atom stereocenters. The summed E-state index contributed by atoms with van der Waals surface area (Å²) in [6, 6.07) is 4.59. The molecule has 0 saturated heterocycles. The number of ketones is 1. The Morgan fingerprint density at radius 2 is 1.38 bits per heavy atom. The van der Waals surface area contributed by atoms with Crippen molar-refractivity contribution in [3.05, 3.63) is 46.0 Å². The summed E-state index contributed by atoms with van der Waals surface area (Å²) in [5, 5.41) is -0.626. The summed E-state index contributed by atoms with van der Waals surface area (Å²) in [5.41, 5.74) is 5.85. The Morgan fingerprint density at radius 3 is 1.72 bits per heavy atom. The highest BCUT2D eigenvalue weighted by molar-refractivity contribution is 7.91. The van der Waals surface area contributed by atoms with Crippen molar-refractivity contribution < 1.29 is 17.9 Å². The van der Waals surface area contributed by atoms with Crippen molar-refractivity contribution in [2.24, 2.45) is 0 Å². The van der Waals surface area contributed by atoms with Crippen LogP contribution < -0.4 is 0 Å². The van der Waals surface area contributed by atoms with Gasteiger partial charge in [0, 0.05) is 12.7 Å². The Labute approximate surface area is 196 Å². The number of benzene rings is 1. The molecule has 0 N–H and O–H groups in total. The fourth-order valence-electron chi connectivity index (χ4n) is 3.97. The van der Waals surface area contributed by atoms with E-state index in [0.29, 0.717) is 17.8 Å². The minimum absolute atomic E-state index is 0.0188. The van der Waals surface area contributed by atoms with E-state index in [1.165, 1.54) is 28.5 Å². The van der Waals surface area contributed by atoms with Gasteiger partial charge in [0.15, 0.2) is 9.84 Å². The maximum absolute atomic E-state index is 12.0. The molecule has 1 aromatic carbocycles. The Morgan fingerprint density at radius 1 is 0.906 bits per heavy atom. The highest BCUT2D eigenvalue weighted by Gasteiger charge is 2.26. The Kier molecular flexibility index (Phi) is 10.4. The van der Waals surface area contributed by atoms with E-state index >= 15 is 0 Å². The van der Waals surface area contributed by atoms with E-state index in [2.05, 4.69) is 53.7 Å². The molecule has 32 heavy (non-hydrogen) atoms. The monoisotopic (exact) mass is 464 g/mol. The molecule has 0 aliphatic carbocycles. The predicted octanol–water partition coefficient (Wildman–Crippen LogP) is 6.86. The van der Waals surface area contributed by atoms with Crippen LogP contribution in [0.4, 0.5) is 0 Å². The van der Waals surface area contributed by atoms with Gasteiger partial charge in [-0.15, -0.1) is 0 Å². The molecule has 0 amide bonds. The van der Waals surface area contributed by atoms with Gasteiger partial charge in [0.05, 0.1) is 17.5 Å². The summed E-state index contributed by atoms with van der Waals surface area (Å²) in [4.78, 5) is 12.0. The third kappa shape index (κ3) is 7.84.